The summed E-state index contributed by atoms with van der Waals surface area (Å²) >= 11 is 0.810. The summed E-state index contributed by atoms with van der Waals surface area (Å²) in [5.74, 6) is -1.62. The summed E-state index contributed by atoms with van der Waals surface area (Å²) in [4.78, 5) is 10.2. The number of benzene rings is 2. The summed E-state index contributed by atoms with van der Waals surface area (Å²) in [6, 6.07) is 16.2. The van der Waals surface area contributed by atoms with Crippen molar-refractivity contribution in [2.24, 2.45) is 0 Å². The molecule has 0 saturated carbocycles. The van der Waals surface area contributed by atoms with Crippen LogP contribution in [0.15, 0.2) is 54.6 Å². The number of carboxylic acid groups (broad SMARTS) is 1. The molecule has 0 radical (unpaired) electrons. The van der Waals surface area contributed by atoms with Crippen molar-refractivity contribution in [2.75, 3.05) is 0 Å². The van der Waals surface area contributed by atoms with Crippen molar-refractivity contribution in [1.29, 1.82) is 0 Å². The van der Waals surface area contributed by atoms with Crippen LogP contribution in [-0.4, -0.2) is 28.6 Å². The van der Waals surface area contributed by atoms with E-state index in [1.54, 1.807) is 6.07 Å². The second kappa shape index (κ2) is 10.3. The Morgan fingerprint density at radius 3 is 1.64 bits per heavy atom. The molecule has 22 heavy (non-hydrogen) atoms. The van der Waals surface area contributed by atoms with Gasteiger partial charge >= 0.3 is 59.5 Å². The van der Waals surface area contributed by atoms with Crippen LogP contribution in [-0.2, 0) is 36.5 Å². The van der Waals surface area contributed by atoms with Gasteiger partial charge in [0.15, 0.2) is 0 Å². The Morgan fingerprint density at radius 2 is 1.36 bits per heavy atom. The average molecular weight is 511 g/mol. The van der Waals surface area contributed by atoms with Gasteiger partial charge in [-0.2, -0.15) is 0 Å². The summed E-state index contributed by atoms with van der Waals surface area (Å²) in [7, 11) is -5.17. The van der Waals surface area contributed by atoms with Crippen LogP contribution in [0.1, 0.15) is 10.4 Å². The molecule has 0 bridgehead atoms. The van der Waals surface area contributed by atoms with Gasteiger partial charge in [0.05, 0.1) is 5.97 Å². The van der Waals surface area contributed by atoms with Crippen LogP contribution in [0.25, 0.3) is 0 Å². The molecule has 0 aromatic heterocycles. The fourth-order valence-corrected chi connectivity index (χ4v) is 2.18. The van der Waals surface area contributed by atoms with Gasteiger partial charge in [0, 0.05) is 16.0 Å². The van der Waals surface area contributed by atoms with Gasteiger partial charge < -0.3 is 24.1 Å². The zero-order chi connectivity index (χ0) is 17.2. The quantitative estimate of drug-likeness (QED) is 0.303. The van der Waals surface area contributed by atoms with E-state index in [0.717, 1.165) is 26.1 Å². The first-order valence-corrected chi connectivity index (χ1v) is 9.72. The normalized spacial score (nSPS) is 9.64. The summed E-state index contributed by atoms with van der Waals surface area (Å²) in [5, 5.41) is 19.0. The van der Waals surface area contributed by atoms with Crippen molar-refractivity contribution in [3.63, 3.8) is 0 Å². The number of rotatable bonds is 1. The molecule has 9 heteroatoms. The maximum atomic E-state index is 10.2. The van der Waals surface area contributed by atoms with Gasteiger partial charge in [0.2, 0.25) is 0 Å². The number of aromatic hydroxyl groups is 1. The SMILES string of the molecule is O=C([O-])c1ccccc1O.O=S(=O)([O-])[O-].[Hg+3][c]1ccccc1. The molecule has 0 saturated heterocycles. The Morgan fingerprint density at radius 1 is 0.955 bits per heavy atom. The summed E-state index contributed by atoms with van der Waals surface area (Å²) in [6.45, 7) is 0. The summed E-state index contributed by atoms with van der Waals surface area (Å²) in [5.41, 5.74) is -0.178. The first-order chi connectivity index (χ1) is 10.1. The molecular formula is C13H10HgO7S. The molecule has 2 aromatic carbocycles. The fourth-order valence-electron chi connectivity index (χ4n) is 1.12. The Kier molecular flexibility index (Phi) is 9.58. The van der Waals surface area contributed by atoms with Gasteiger partial charge in [0.25, 0.3) is 0 Å². The van der Waals surface area contributed by atoms with Gasteiger partial charge in [0.1, 0.15) is 5.75 Å². The van der Waals surface area contributed by atoms with Crippen LogP contribution >= 0.6 is 0 Å². The molecule has 0 aliphatic carbocycles. The molecule has 7 nitrogen and oxygen atoms in total. The molecule has 0 amide bonds. The first-order valence-electron chi connectivity index (χ1n) is 5.64. The van der Waals surface area contributed by atoms with Gasteiger partial charge in [-0.1, -0.05) is 12.1 Å². The number of carboxylic acids is 1. The Balaban J connectivity index is 0.000000322. The molecular weight excluding hydrogens is 501 g/mol. The van der Waals surface area contributed by atoms with Crippen molar-refractivity contribution in [1.82, 2.24) is 0 Å². The fraction of sp³-hybridized carbons (Fsp3) is 0. The Labute approximate surface area is 143 Å². The third-order valence-electron chi connectivity index (χ3n) is 1.97. The van der Waals surface area contributed by atoms with E-state index in [1.807, 2.05) is 0 Å². The van der Waals surface area contributed by atoms with E-state index in [2.05, 4.69) is 30.3 Å². The molecule has 0 spiro atoms. The van der Waals surface area contributed by atoms with E-state index in [9.17, 15) is 9.90 Å². The molecule has 112 valence electrons. The maximum absolute atomic E-state index is 10.2. The van der Waals surface area contributed by atoms with Crippen LogP contribution in [0.5, 0.6) is 5.75 Å². The third kappa shape index (κ3) is 12.3. The molecule has 2 rings (SSSR count). The van der Waals surface area contributed by atoms with Crippen molar-refractivity contribution in [2.45, 2.75) is 0 Å². The number of aromatic carboxylic acids is 1. The number of phenols is 1. The van der Waals surface area contributed by atoms with E-state index in [0.29, 0.717) is 0 Å². The second-order valence-electron chi connectivity index (χ2n) is 3.70. The van der Waals surface area contributed by atoms with E-state index < -0.39 is 16.4 Å². The predicted molar refractivity (Wildman–Crippen MR) is 69.0 cm³/mol. The number of hydrogen-bond acceptors (Lipinski definition) is 7. The Bertz CT molecular complexity index is 679. The second-order valence-corrected chi connectivity index (χ2v) is 7.69. The van der Waals surface area contributed by atoms with Gasteiger partial charge in [-0.3, -0.25) is 8.42 Å². The molecule has 2 aromatic rings. The minimum atomic E-state index is -5.17. The van der Waals surface area contributed by atoms with Crippen molar-refractivity contribution >= 4 is 19.4 Å². The van der Waals surface area contributed by atoms with Gasteiger partial charge in [-0.25, -0.2) is 0 Å². The zero-order valence-electron chi connectivity index (χ0n) is 11.2. The van der Waals surface area contributed by atoms with E-state index in [-0.39, 0.29) is 11.3 Å². The van der Waals surface area contributed by atoms with E-state index in [1.165, 1.54) is 21.3 Å². The van der Waals surface area contributed by atoms with Crippen molar-refractivity contribution < 1.29 is 58.7 Å². The van der Waals surface area contributed by atoms with Crippen molar-refractivity contribution in [3.8, 4) is 5.75 Å². The van der Waals surface area contributed by atoms with Crippen LogP contribution in [0.4, 0.5) is 0 Å². The number of para-hydroxylation sites is 1. The summed E-state index contributed by atoms with van der Waals surface area (Å²) in [6.07, 6.45) is 0. The zero-order valence-corrected chi connectivity index (χ0v) is 17.5. The first kappa shape index (κ1) is 20.5. The predicted octanol–water partition coefficient (Wildman–Crippen LogP) is -0.724. The number of carbonyl (C=O) groups is 1. The third-order valence-corrected chi connectivity index (χ3v) is 3.80. The van der Waals surface area contributed by atoms with Crippen LogP contribution < -0.4 is 8.18 Å². The van der Waals surface area contributed by atoms with Crippen molar-refractivity contribution in [3.05, 3.63) is 60.2 Å². The molecule has 0 heterocycles. The standard InChI is InChI=1S/C7H6O3.C6H5.Hg.H2O4S/c8-6-4-2-1-3-5(6)7(9)10;1-2-4-6-5-3-1;;1-5(2,3)4/h1-4,8H,(H,9,10);1-5H;;(H2,1,2,3,4)/q;;+3;/p-3. The molecule has 0 aliphatic rings. The van der Waals surface area contributed by atoms with E-state index >= 15 is 0 Å². The van der Waals surface area contributed by atoms with Gasteiger partial charge in [-0.05, 0) is 12.1 Å². The van der Waals surface area contributed by atoms with E-state index in [4.69, 9.17) is 22.6 Å². The van der Waals surface area contributed by atoms with Gasteiger partial charge in [-0.15, -0.1) is 0 Å². The van der Waals surface area contributed by atoms with Crippen LogP contribution in [0.2, 0.25) is 0 Å². The number of carbonyl (C=O) groups excluding carboxylic acids is 1. The molecule has 0 unspecified atom stereocenters. The minimum absolute atomic E-state index is 0.178. The monoisotopic (exact) mass is 512 g/mol. The molecule has 0 aliphatic heterocycles. The van der Waals surface area contributed by atoms with Crippen LogP contribution in [0.3, 0.4) is 0 Å². The molecule has 0 fully saturated rings. The number of hydrogen-bond donors (Lipinski definition) is 1. The summed E-state index contributed by atoms with van der Waals surface area (Å²) < 4.78 is 35.6. The van der Waals surface area contributed by atoms with Crippen LogP contribution in [0, 0.1) is 0 Å². The average Bonchev–Trinajstić information content (AvgIpc) is 2.38. The topological polar surface area (TPSA) is 141 Å². The molecule has 0 atom stereocenters. The molecule has 1 N–H and O–H groups in total. The Hall–Kier alpha value is -1.48.